The minimum Gasteiger partial charge on any atom is -0.208 e. The van der Waals surface area contributed by atoms with Crippen LogP contribution in [0.2, 0.25) is 0 Å². The fraction of sp³-hybridized carbons (Fsp3) is 0.0571. The Morgan fingerprint density at radius 3 is 1.03 bits per heavy atom. The molecule has 0 aliphatic heterocycles. The summed E-state index contributed by atoms with van der Waals surface area (Å²) >= 11 is 0. The second-order valence-electron chi connectivity index (χ2n) is 9.58. The monoisotopic (exact) mass is 489 g/mol. The van der Waals surface area contributed by atoms with Crippen molar-refractivity contribution in [1.82, 2.24) is 15.0 Å². The molecule has 0 N–H and O–H groups in total. The molecule has 0 aliphatic carbocycles. The van der Waals surface area contributed by atoms with E-state index in [1.54, 1.807) is 0 Å². The molecule has 0 amide bonds. The Morgan fingerprint density at radius 2 is 0.632 bits per heavy atom. The number of aryl methyl sites for hydroxylation is 2. The predicted molar refractivity (Wildman–Crippen MR) is 156 cm³/mol. The molecule has 3 nitrogen and oxygen atoms in total. The van der Waals surface area contributed by atoms with Crippen LogP contribution in [0.3, 0.4) is 0 Å². The van der Waals surface area contributed by atoms with Gasteiger partial charge in [-0.05, 0) is 71.5 Å². The highest BCUT2D eigenvalue weighted by atomic mass is 15.0. The first-order valence-electron chi connectivity index (χ1n) is 12.8. The van der Waals surface area contributed by atoms with Gasteiger partial charge < -0.3 is 0 Å². The van der Waals surface area contributed by atoms with Crippen molar-refractivity contribution in [2.75, 3.05) is 0 Å². The van der Waals surface area contributed by atoms with Gasteiger partial charge in [0.1, 0.15) is 0 Å². The second kappa shape index (κ2) is 10.2. The summed E-state index contributed by atoms with van der Waals surface area (Å²) in [7, 11) is 0. The molecule has 0 atom stereocenters. The summed E-state index contributed by atoms with van der Waals surface area (Å²) in [6.07, 6.45) is 0. The highest BCUT2D eigenvalue weighted by molar-refractivity contribution is 5.75. The van der Waals surface area contributed by atoms with Gasteiger partial charge in [-0.3, -0.25) is 0 Å². The van der Waals surface area contributed by atoms with Gasteiger partial charge in [0.2, 0.25) is 0 Å². The summed E-state index contributed by atoms with van der Waals surface area (Å²) in [6, 6.07) is 44.0. The molecule has 1 aromatic heterocycles. The lowest BCUT2D eigenvalue weighted by atomic mass is 9.99. The van der Waals surface area contributed by atoms with E-state index >= 15 is 0 Å². The maximum Gasteiger partial charge on any atom is 0.164 e. The average Bonchev–Trinajstić information content (AvgIpc) is 2.97. The van der Waals surface area contributed by atoms with Gasteiger partial charge in [0.05, 0.1) is 0 Å². The Balaban J connectivity index is 1.54. The van der Waals surface area contributed by atoms with Crippen molar-refractivity contribution in [3.05, 3.63) is 139 Å². The summed E-state index contributed by atoms with van der Waals surface area (Å²) in [5.74, 6) is 1.99. The molecule has 0 saturated heterocycles. The largest absolute Gasteiger partial charge is 0.208 e. The fourth-order valence-corrected chi connectivity index (χ4v) is 4.77. The highest BCUT2D eigenvalue weighted by Crippen LogP contribution is 2.31. The third-order valence-corrected chi connectivity index (χ3v) is 6.55. The molecular formula is C35H27N3. The van der Waals surface area contributed by atoms with E-state index in [1.165, 1.54) is 11.1 Å². The van der Waals surface area contributed by atoms with Gasteiger partial charge in [-0.25, -0.2) is 15.0 Å². The molecule has 0 unspecified atom stereocenters. The Morgan fingerprint density at radius 1 is 0.316 bits per heavy atom. The average molecular weight is 490 g/mol. The van der Waals surface area contributed by atoms with Crippen LogP contribution >= 0.6 is 0 Å². The van der Waals surface area contributed by atoms with Crippen LogP contribution in [0.15, 0.2) is 127 Å². The van der Waals surface area contributed by atoms with Gasteiger partial charge in [0, 0.05) is 16.7 Å². The van der Waals surface area contributed by atoms with Crippen molar-refractivity contribution in [2.24, 2.45) is 0 Å². The second-order valence-corrected chi connectivity index (χ2v) is 9.58. The molecule has 0 radical (unpaired) electrons. The van der Waals surface area contributed by atoms with E-state index < -0.39 is 0 Å². The predicted octanol–water partition coefficient (Wildman–Crippen LogP) is 8.82. The van der Waals surface area contributed by atoms with E-state index in [0.29, 0.717) is 17.5 Å². The number of aromatic nitrogens is 3. The molecule has 0 spiro atoms. The maximum absolute atomic E-state index is 5.03. The normalized spacial score (nSPS) is 10.9. The van der Waals surface area contributed by atoms with E-state index in [-0.39, 0.29) is 0 Å². The molecule has 1 heterocycles. The number of nitrogens with zero attached hydrogens (tertiary/aromatic N) is 3. The Bertz CT molecular complexity index is 1600. The zero-order valence-corrected chi connectivity index (χ0v) is 21.5. The molecule has 0 bridgehead atoms. The van der Waals surface area contributed by atoms with Gasteiger partial charge in [-0.15, -0.1) is 0 Å². The van der Waals surface area contributed by atoms with E-state index in [4.69, 9.17) is 15.0 Å². The topological polar surface area (TPSA) is 38.7 Å². The zero-order valence-electron chi connectivity index (χ0n) is 21.5. The molecule has 38 heavy (non-hydrogen) atoms. The van der Waals surface area contributed by atoms with Crippen LogP contribution in [-0.2, 0) is 0 Å². The Labute approximate surface area is 223 Å². The maximum atomic E-state index is 5.03. The Kier molecular flexibility index (Phi) is 6.33. The van der Waals surface area contributed by atoms with Gasteiger partial charge >= 0.3 is 0 Å². The third-order valence-electron chi connectivity index (χ3n) is 6.55. The highest BCUT2D eigenvalue weighted by Gasteiger charge is 2.14. The summed E-state index contributed by atoms with van der Waals surface area (Å²) in [5.41, 5.74) is 9.85. The number of hydrogen-bond donors (Lipinski definition) is 0. The lowest BCUT2D eigenvalue weighted by Gasteiger charge is -2.12. The first-order valence-corrected chi connectivity index (χ1v) is 12.8. The van der Waals surface area contributed by atoms with Crippen LogP contribution in [0.25, 0.3) is 56.4 Å². The summed E-state index contributed by atoms with van der Waals surface area (Å²) in [5, 5.41) is 0. The van der Waals surface area contributed by atoms with Gasteiger partial charge in [0.15, 0.2) is 17.5 Å². The molecule has 3 heteroatoms. The van der Waals surface area contributed by atoms with Crippen LogP contribution in [0, 0.1) is 13.8 Å². The zero-order chi connectivity index (χ0) is 25.9. The van der Waals surface area contributed by atoms with E-state index in [9.17, 15) is 0 Å². The van der Waals surface area contributed by atoms with Crippen LogP contribution < -0.4 is 0 Å². The smallest absolute Gasteiger partial charge is 0.164 e. The SMILES string of the molecule is Cc1cc(-c2ccccc2)cc(-c2nc(-c3ccccc3)nc(-c3cc(C)cc(-c4ccccc4)c3)n2)c1. The number of hydrogen-bond acceptors (Lipinski definition) is 3. The molecule has 0 fully saturated rings. The molecule has 0 saturated carbocycles. The third kappa shape index (κ3) is 5.00. The van der Waals surface area contributed by atoms with Crippen molar-refractivity contribution in [2.45, 2.75) is 13.8 Å². The summed E-state index contributed by atoms with van der Waals surface area (Å²) < 4.78 is 0. The van der Waals surface area contributed by atoms with Crippen molar-refractivity contribution in [3.63, 3.8) is 0 Å². The first kappa shape index (κ1) is 23.5. The lowest BCUT2D eigenvalue weighted by molar-refractivity contribution is 1.07. The molecular weight excluding hydrogens is 462 g/mol. The fourth-order valence-electron chi connectivity index (χ4n) is 4.77. The van der Waals surface area contributed by atoms with Crippen LogP contribution in [-0.4, -0.2) is 15.0 Å². The first-order chi connectivity index (χ1) is 18.6. The summed E-state index contributed by atoms with van der Waals surface area (Å²) in [6.45, 7) is 4.23. The van der Waals surface area contributed by atoms with Crippen molar-refractivity contribution in [3.8, 4) is 56.4 Å². The van der Waals surface area contributed by atoms with E-state index in [1.807, 2.05) is 42.5 Å². The molecule has 6 aromatic rings. The van der Waals surface area contributed by atoms with E-state index in [2.05, 4.69) is 98.8 Å². The number of rotatable bonds is 5. The summed E-state index contributed by atoms with van der Waals surface area (Å²) in [4.78, 5) is 14.9. The Hall–Kier alpha value is -4.89. The van der Waals surface area contributed by atoms with Crippen molar-refractivity contribution in [1.29, 1.82) is 0 Å². The van der Waals surface area contributed by atoms with Crippen LogP contribution in [0.4, 0.5) is 0 Å². The minimum atomic E-state index is 0.663. The van der Waals surface area contributed by atoms with Gasteiger partial charge in [0.25, 0.3) is 0 Å². The van der Waals surface area contributed by atoms with Crippen molar-refractivity contribution < 1.29 is 0 Å². The van der Waals surface area contributed by atoms with E-state index in [0.717, 1.165) is 38.9 Å². The van der Waals surface area contributed by atoms with Crippen molar-refractivity contribution >= 4 is 0 Å². The van der Waals surface area contributed by atoms with Crippen LogP contribution in [0.5, 0.6) is 0 Å². The van der Waals surface area contributed by atoms with Gasteiger partial charge in [-0.1, -0.05) is 103 Å². The minimum absolute atomic E-state index is 0.663. The quantitative estimate of drug-likeness (QED) is 0.243. The van der Waals surface area contributed by atoms with Crippen LogP contribution in [0.1, 0.15) is 11.1 Å². The number of benzene rings is 5. The molecule has 5 aromatic carbocycles. The molecule has 182 valence electrons. The van der Waals surface area contributed by atoms with Gasteiger partial charge in [-0.2, -0.15) is 0 Å². The lowest BCUT2D eigenvalue weighted by Crippen LogP contribution is -2.01. The molecule has 0 aliphatic rings. The standard InChI is InChI=1S/C35H27N3/c1-24-18-29(26-12-6-3-7-13-26)22-31(20-24)34-36-33(28-16-10-5-11-17-28)37-35(38-34)32-21-25(2)19-30(23-32)27-14-8-4-9-15-27/h3-23H,1-2H3. The molecule has 6 rings (SSSR count).